The number of carbonyl (C=O) groups excluding carboxylic acids is 1. The Hall–Kier alpha value is -2.71. The molecule has 0 radical (unpaired) electrons. The highest BCUT2D eigenvalue weighted by Gasteiger charge is 2.35. The number of nitrogens with zero attached hydrogens (tertiary/aromatic N) is 1. The SMILES string of the molecule is CCc1cn([C@H]2C[C@H](O)[C@@H](CNC(=O)CCCc3ccccc3)O2)c(=O)[nH]c1=O. The van der Waals surface area contributed by atoms with Crippen LogP contribution in [0.5, 0.6) is 0 Å². The number of nitrogens with one attached hydrogen (secondary N) is 2. The van der Waals surface area contributed by atoms with Crippen molar-refractivity contribution in [3.63, 3.8) is 0 Å². The van der Waals surface area contributed by atoms with E-state index in [9.17, 15) is 19.5 Å². The zero-order valence-corrected chi connectivity index (χ0v) is 16.5. The van der Waals surface area contributed by atoms with Gasteiger partial charge in [0.1, 0.15) is 12.3 Å². The summed E-state index contributed by atoms with van der Waals surface area (Å²) in [6.45, 7) is 1.99. The van der Waals surface area contributed by atoms with E-state index in [1.165, 1.54) is 16.3 Å². The molecule has 1 aliphatic heterocycles. The minimum Gasteiger partial charge on any atom is -0.390 e. The highest BCUT2D eigenvalue weighted by atomic mass is 16.5. The van der Waals surface area contributed by atoms with Crippen molar-refractivity contribution in [2.45, 2.75) is 57.5 Å². The highest BCUT2D eigenvalue weighted by Crippen LogP contribution is 2.27. The second kappa shape index (κ2) is 9.67. The molecular formula is C21H27N3O5. The number of ether oxygens (including phenoxy) is 1. The summed E-state index contributed by atoms with van der Waals surface area (Å²) < 4.78 is 7.08. The summed E-state index contributed by atoms with van der Waals surface area (Å²) in [5, 5.41) is 13.1. The summed E-state index contributed by atoms with van der Waals surface area (Å²) in [4.78, 5) is 38.2. The van der Waals surface area contributed by atoms with E-state index in [-0.39, 0.29) is 18.9 Å². The Labute approximate surface area is 168 Å². The lowest BCUT2D eigenvalue weighted by Crippen LogP contribution is -2.37. The van der Waals surface area contributed by atoms with Crippen molar-refractivity contribution < 1.29 is 14.6 Å². The molecule has 29 heavy (non-hydrogen) atoms. The summed E-state index contributed by atoms with van der Waals surface area (Å²) >= 11 is 0. The Balaban J connectivity index is 1.49. The lowest BCUT2D eigenvalue weighted by atomic mass is 10.1. The molecule has 2 heterocycles. The topological polar surface area (TPSA) is 113 Å². The van der Waals surface area contributed by atoms with Crippen molar-refractivity contribution in [2.24, 2.45) is 0 Å². The van der Waals surface area contributed by atoms with Crippen molar-refractivity contribution in [3.05, 3.63) is 68.5 Å². The standard InChI is InChI=1S/C21H27N3O5/c1-2-15-13-24(21(28)23-20(15)27)19-11-16(25)17(29-19)12-22-18(26)10-6-9-14-7-4-3-5-8-14/h3-5,7-8,13,16-17,19,25H,2,6,9-12H2,1H3,(H,22,26)(H,23,27,28)/t16-,17+,19+/m0/s1. The van der Waals surface area contributed by atoms with E-state index in [0.29, 0.717) is 18.4 Å². The van der Waals surface area contributed by atoms with E-state index in [1.807, 2.05) is 37.3 Å². The van der Waals surface area contributed by atoms with Crippen LogP contribution in [0.1, 0.15) is 43.5 Å². The predicted octanol–water partition coefficient (Wildman–Crippen LogP) is 0.886. The Morgan fingerprint density at radius 3 is 2.79 bits per heavy atom. The molecule has 1 amide bonds. The van der Waals surface area contributed by atoms with Gasteiger partial charge in [0.25, 0.3) is 5.56 Å². The van der Waals surface area contributed by atoms with E-state index >= 15 is 0 Å². The van der Waals surface area contributed by atoms with Gasteiger partial charge in [-0.2, -0.15) is 0 Å². The molecule has 3 rings (SSSR count). The quantitative estimate of drug-likeness (QED) is 0.608. The number of hydrogen-bond donors (Lipinski definition) is 3. The maximum atomic E-state index is 12.1. The van der Waals surface area contributed by atoms with Gasteiger partial charge in [-0.1, -0.05) is 37.3 Å². The van der Waals surface area contributed by atoms with Gasteiger partial charge in [0.05, 0.1) is 6.10 Å². The summed E-state index contributed by atoms with van der Waals surface area (Å²) in [5.74, 6) is -0.102. The van der Waals surface area contributed by atoms with Gasteiger partial charge in [0, 0.05) is 31.1 Å². The van der Waals surface area contributed by atoms with Gasteiger partial charge in [-0.05, 0) is 24.8 Å². The van der Waals surface area contributed by atoms with E-state index in [0.717, 1.165) is 12.8 Å². The van der Waals surface area contributed by atoms with Crippen molar-refractivity contribution in [3.8, 4) is 0 Å². The summed E-state index contributed by atoms with van der Waals surface area (Å²) in [6, 6.07) is 9.97. The molecule has 3 atom stereocenters. The number of aryl methyl sites for hydroxylation is 2. The van der Waals surface area contributed by atoms with Gasteiger partial charge in [-0.15, -0.1) is 0 Å². The maximum absolute atomic E-state index is 12.1. The van der Waals surface area contributed by atoms with Crippen molar-refractivity contribution in [1.82, 2.24) is 14.9 Å². The number of amides is 1. The number of rotatable bonds is 8. The van der Waals surface area contributed by atoms with Crippen LogP contribution in [0.3, 0.4) is 0 Å². The fraction of sp³-hybridized carbons (Fsp3) is 0.476. The van der Waals surface area contributed by atoms with Crippen molar-refractivity contribution >= 4 is 5.91 Å². The van der Waals surface area contributed by atoms with Crippen LogP contribution in [-0.4, -0.2) is 39.3 Å². The molecule has 156 valence electrons. The molecule has 8 nitrogen and oxygen atoms in total. The molecule has 0 spiro atoms. The van der Waals surface area contributed by atoms with Gasteiger partial charge < -0.3 is 15.2 Å². The molecule has 1 aromatic heterocycles. The van der Waals surface area contributed by atoms with Gasteiger partial charge in [0.15, 0.2) is 0 Å². The second-order valence-electron chi connectivity index (χ2n) is 7.25. The van der Waals surface area contributed by atoms with Crippen LogP contribution in [0, 0.1) is 0 Å². The molecule has 1 fully saturated rings. The number of aliphatic hydroxyl groups excluding tert-OH is 1. The number of aromatic nitrogens is 2. The molecule has 2 aromatic rings. The molecule has 1 aromatic carbocycles. The number of aliphatic hydroxyl groups is 1. The molecule has 0 saturated carbocycles. The molecule has 1 saturated heterocycles. The van der Waals surface area contributed by atoms with Crippen LogP contribution in [0.4, 0.5) is 0 Å². The van der Waals surface area contributed by atoms with Crippen LogP contribution in [0.15, 0.2) is 46.1 Å². The predicted molar refractivity (Wildman–Crippen MR) is 108 cm³/mol. The number of hydrogen-bond acceptors (Lipinski definition) is 5. The minimum absolute atomic E-state index is 0.102. The average molecular weight is 401 g/mol. The average Bonchev–Trinajstić information content (AvgIpc) is 3.07. The van der Waals surface area contributed by atoms with Crippen LogP contribution >= 0.6 is 0 Å². The smallest absolute Gasteiger partial charge is 0.330 e. The summed E-state index contributed by atoms with van der Waals surface area (Å²) in [5.41, 5.74) is 0.676. The van der Waals surface area contributed by atoms with Crippen LogP contribution < -0.4 is 16.6 Å². The van der Waals surface area contributed by atoms with Crippen molar-refractivity contribution in [2.75, 3.05) is 6.54 Å². The van der Waals surface area contributed by atoms with Crippen LogP contribution in [0.25, 0.3) is 0 Å². The second-order valence-corrected chi connectivity index (χ2v) is 7.25. The Morgan fingerprint density at radius 1 is 1.31 bits per heavy atom. The molecule has 0 aliphatic carbocycles. The fourth-order valence-electron chi connectivity index (χ4n) is 3.46. The Morgan fingerprint density at radius 2 is 2.07 bits per heavy atom. The van der Waals surface area contributed by atoms with Gasteiger partial charge in [0.2, 0.25) is 5.91 Å². The third-order valence-corrected chi connectivity index (χ3v) is 5.15. The first-order valence-corrected chi connectivity index (χ1v) is 9.96. The van der Waals surface area contributed by atoms with E-state index in [4.69, 9.17) is 4.74 Å². The third kappa shape index (κ3) is 5.42. The molecule has 0 bridgehead atoms. The highest BCUT2D eigenvalue weighted by molar-refractivity contribution is 5.75. The number of aromatic amines is 1. The monoisotopic (exact) mass is 401 g/mol. The number of carbonyl (C=O) groups is 1. The van der Waals surface area contributed by atoms with Crippen LogP contribution in [0.2, 0.25) is 0 Å². The molecule has 8 heteroatoms. The lowest BCUT2D eigenvalue weighted by Gasteiger charge is -2.17. The van der Waals surface area contributed by atoms with E-state index in [1.54, 1.807) is 0 Å². The Kier molecular flexibility index (Phi) is 7.00. The van der Waals surface area contributed by atoms with Gasteiger partial charge in [-0.25, -0.2) is 4.79 Å². The lowest BCUT2D eigenvalue weighted by molar-refractivity contribution is -0.122. The van der Waals surface area contributed by atoms with Crippen LogP contribution in [-0.2, 0) is 22.4 Å². The minimum atomic E-state index is -0.812. The third-order valence-electron chi connectivity index (χ3n) is 5.15. The zero-order chi connectivity index (χ0) is 20.8. The largest absolute Gasteiger partial charge is 0.390 e. The Bertz CT molecular complexity index is 937. The van der Waals surface area contributed by atoms with E-state index in [2.05, 4.69) is 10.3 Å². The normalized spacial score (nSPS) is 21.2. The summed E-state index contributed by atoms with van der Waals surface area (Å²) in [6.07, 6.45) is 2.02. The van der Waals surface area contributed by atoms with E-state index < -0.39 is 29.7 Å². The number of benzene rings is 1. The van der Waals surface area contributed by atoms with Gasteiger partial charge >= 0.3 is 5.69 Å². The zero-order valence-electron chi connectivity index (χ0n) is 16.5. The maximum Gasteiger partial charge on any atom is 0.330 e. The molecule has 3 N–H and O–H groups in total. The first-order valence-electron chi connectivity index (χ1n) is 9.96. The molecular weight excluding hydrogens is 374 g/mol. The molecule has 0 unspecified atom stereocenters. The fourth-order valence-corrected chi connectivity index (χ4v) is 3.46. The molecule has 1 aliphatic rings. The summed E-state index contributed by atoms with van der Waals surface area (Å²) in [7, 11) is 0. The number of H-pyrrole nitrogens is 1. The van der Waals surface area contributed by atoms with Gasteiger partial charge in [-0.3, -0.25) is 19.1 Å². The van der Waals surface area contributed by atoms with Crippen molar-refractivity contribution in [1.29, 1.82) is 0 Å². The first-order chi connectivity index (χ1) is 14.0. The first kappa shape index (κ1) is 21.0.